The maximum Gasteiger partial charge on any atom is 0.271 e. The van der Waals surface area contributed by atoms with E-state index in [0.29, 0.717) is 22.7 Å². The zero-order valence-electron chi connectivity index (χ0n) is 12.7. The number of nitrogens with one attached hydrogen (secondary N) is 1. The summed E-state index contributed by atoms with van der Waals surface area (Å²) in [7, 11) is 0. The largest absolute Gasteiger partial charge is 0.355 e. The van der Waals surface area contributed by atoms with Crippen LogP contribution in [0, 0.1) is 17.0 Å². The van der Waals surface area contributed by atoms with Crippen LogP contribution >= 0.6 is 0 Å². The zero-order valence-corrected chi connectivity index (χ0v) is 12.7. The molecule has 0 fully saturated rings. The average molecular weight is 323 g/mol. The number of rotatable bonds is 4. The van der Waals surface area contributed by atoms with E-state index in [1.165, 1.54) is 18.2 Å². The number of amides is 1. The van der Waals surface area contributed by atoms with Gasteiger partial charge in [0.1, 0.15) is 5.56 Å². The summed E-state index contributed by atoms with van der Waals surface area (Å²) in [4.78, 5) is 22.9. The number of nitrogens with zero attached hydrogens (tertiary/aromatic N) is 2. The predicted octanol–water partition coefficient (Wildman–Crippen LogP) is 3.81. The van der Waals surface area contributed by atoms with Gasteiger partial charge in [-0.3, -0.25) is 14.9 Å². The molecule has 0 saturated heterocycles. The SMILES string of the molecule is Cc1noc(-c2ccccc2)c1C(=O)Nc1cccc([N+](=O)[O-])c1. The molecule has 1 amide bonds. The highest BCUT2D eigenvalue weighted by molar-refractivity contribution is 6.08. The number of carbonyl (C=O) groups excluding carboxylic acids is 1. The van der Waals surface area contributed by atoms with Gasteiger partial charge in [-0.25, -0.2) is 0 Å². The number of hydrogen-bond donors (Lipinski definition) is 1. The smallest absolute Gasteiger partial charge is 0.271 e. The number of benzene rings is 2. The van der Waals surface area contributed by atoms with Crippen molar-refractivity contribution in [1.29, 1.82) is 0 Å². The summed E-state index contributed by atoms with van der Waals surface area (Å²) in [5.41, 5.74) is 1.69. The zero-order chi connectivity index (χ0) is 17.1. The fraction of sp³-hybridized carbons (Fsp3) is 0.0588. The molecule has 0 saturated carbocycles. The molecule has 3 aromatic rings. The van der Waals surface area contributed by atoms with E-state index in [4.69, 9.17) is 4.52 Å². The van der Waals surface area contributed by atoms with Crippen molar-refractivity contribution >= 4 is 17.3 Å². The predicted molar refractivity (Wildman–Crippen MR) is 87.7 cm³/mol. The molecule has 0 aliphatic rings. The number of hydrogen-bond acceptors (Lipinski definition) is 5. The van der Waals surface area contributed by atoms with Crippen molar-refractivity contribution in [3.05, 3.63) is 76.0 Å². The Morgan fingerprint density at radius 3 is 2.62 bits per heavy atom. The normalized spacial score (nSPS) is 10.4. The van der Waals surface area contributed by atoms with Gasteiger partial charge in [0, 0.05) is 23.4 Å². The standard InChI is InChI=1S/C17H13N3O4/c1-11-15(16(24-19-11)12-6-3-2-4-7-12)17(21)18-13-8-5-9-14(10-13)20(22)23/h2-10H,1H3,(H,18,21). The quantitative estimate of drug-likeness (QED) is 0.581. The van der Waals surface area contributed by atoms with Gasteiger partial charge in [0.2, 0.25) is 0 Å². The first-order valence-corrected chi connectivity index (χ1v) is 7.14. The second-order valence-electron chi connectivity index (χ2n) is 5.10. The van der Waals surface area contributed by atoms with Crippen LogP contribution in [0.2, 0.25) is 0 Å². The molecule has 0 aliphatic carbocycles. The Kier molecular flexibility index (Phi) is 4.07. The Morgan fingerprint density at radius 1 is 1.17 bits per heavy atom. The van der Waals surface area contributed by atoms with Crippen molar-refractivity contribution < 1.29 is 14.2 Å². The molecule has 0 unspecified atom stereocenters. The van der Waals surface area contributed by atoms with E-state index in [1.54, 1.807) is 13.0 Å². The third kappa shape index (κ3) is 3.00. The number of non-ortho nitro benzene ring substituents is 1. The molecule has 1 heterocycles. The van der Waals surface area contributed by atoms with Crippen LogP contribution in [-0.4, -0.2) is 16.0 Å². The number of anilines is 1. The van der Waals surface area contributed by atoms with Crippen LogP contribution in [0.4, 0.5) is 11.4 Å². The van der Waals surface area contributed by atoms with Gasteiger partial charge < -0.3 is 9.84 Å². The first-order chi connectivity index (χ1) is 11.6. The minimum absolute atomic E-state index is 0.0990. The van der Waals surface area contributed by atoms with Crippen LogP contribution in [-0.2, 0) is 0 Å². The molecule has 0 spiro atoms. The van der Waals surface area contributed by atoms with E-state index in [-0.39, 0.29) is 5.69 Å². The van der Waals surface area contributed by atoms with E-state index in [9.17, 15) is 14.9 Å². The summed E-state index contributed by atoms with van der Waals surface area (Å²) in [5.74, 6) is -0.0795. The number of nitro groups is 1. The van der Waals surface area contributed by atoms with E-state index in [0.717, 1.165) is 5.56 Å². The first kappa shape index (κ1) is 15.4. The van der Waals surface area contributed by atoms with Crippen molar-refractivity contribution in [2.24, 2.45) is 0 Å². The van der Waals surface area contributed by atoms with Gasteiger partial charge in [-0.2, -0.15) is 0 Å². The van der Waals surface area contributed by atoms with Crippen LogP contribution < -0.4 is 5.32 Å². The van der Waals surface area contributed by atoms with Gasteiger partial charge in [-0.15, -0.1) is 0 Å². The highest BCUT2D eigenvalue weighted by atomic mass is 16.6. The minimum Gasteiger partial charge on any atom is -0.355 e. The Hall–Kier alpha value is -3.48. The first-order valence-electron chi connectivity index (χ1n) is 7.14. The highest BCUT2D eigenvalue weighted by Gasteiger charge is 2.22. The van der Waals surface area contributed by atoms with Crippen molar-refractivity contribution in [1.82, 2.24) is 5.16 Å². The Morgan fingerprint density at radius 2 is 1.92 bits per heavy atom. The molecule has 2 aromatic carbocycles. The number of aromatic nitrogens is 1. The lowest BCUT2D eigenvalue weighted by atomic mass is 10.1. The minimum atomic E-state index is -0.518. The highest BCUT2D eigenvalue weighted by Crippen LogP contribution is 2.27. The molecular weight excluding hydrogens is 310 g/mol. The molecule has 7 heteroatoms. The molecule has 0 bridgehead atoms. The summed E-state index contributed by atoms with van der Waals surface area (Å²) in [6.07, 6.45) is 0. The Bertz CT molecular complexity index is 903. The van der Waals surface area contributed by atoms with Crippen LogP contribution in [0.25, 0.3) is 11.3 Å². The maximum atomic E-state index is 12.6. The maximum absolute atomic E-state index is 12.6. The second-order valence-corrected chi connectivity index (χ2v) is 5.10. The lowest BCUT2D eigenvalue weighted by molar-refractivity contribution is -0.384. The van der Waals surface area contributed by atoms with Crippen LogP contribution in [0.3, 0.4) is 0 Å². The molecule has 1 aromatic heterocycles. The topological polar surface area (TPSA) is 98.3 Å². The van der Waals surface area contributed by atoms with Crippen LogP contribution in [0.1, 0.15) is 16.1 Å². The fourth-order valence-corrected chi connectivity index (χ4v) is 2.31. The van der Waals surface area contributed by atoms with Gasteiger partial charge in [0.05, 0.1) is 10.6 Å². The molecule has 0 aliphatic heterocycles. The number of carbonyl (C=O) groups is 1. The molecule has 1 N–H and O–H groups in total. The molecule has 120 valence electrons. The summed E-state index contributed by atoms with van der Waals surface area (Å²) in [5, 5.41) is 17.3. The van der Waals surface area contributed by atoms with Crippen LogP contribution in [0.15, 0.2) is 59.1 Å². The molecule has 0 atom stereocenters. The van der Waals surface area contributed by atoms with E-state index < -0.39 is 10.8 Å². The van der Waals surface area contributed by atoms with E-state index in [1.807, 2.05) is 30.3 Å². The van der Waals surface area contributed by atoms with Gasteiger partial charge in [0.25, 0.3) is 11.6 Å². The third-order valence-corrected chi connectivity index (χ3v) is 3.44. The Balaban J connectivity index is 1.93. The molecule has 3 rings (SSSR count). The van der Waals surface area contributed by atoms with Crippen molar-refractivity contribution in [3.8, 4) is 11.3 Å². The van der Waals surface area contributed by atoms with Crippen molar-refractivity contribution in [3.63, 3.8) is 0 Å². The van der Waals surface area contributed by atoms with E-state index in [2.05, 4.69) is 10.5 Å². The van der Waals surface area contributed by atoms with E-state index >= 15 is 0 Å². The average Bonchev–Trinajstić information content (AvgIpc) is 2.97. The summed E-state index contributed by atoms with van der Waals surface area (Å²) >= 11 is 0. The molecule has 0 radical (unpaired) electrons. The van der Waals surface area contributed by atoms with Crippen molar-refractivity contribution in [2.75, 3.05) is 5.32 Å². The van der Waals surface area contributed by atoms with Crippen molar-refractivity contribution in [2.45, 2.75) is 6.92 Å². The fourth-order valence-electron chi connectivity index (χ4n) is 2.31. The summed E-state index contributed by atoms with van der Waals surface area (Å²) in [6, 6.07) is 14.9. The second kappa shape index (κ2) is 6.33. The molecular formula is C17H13N3O4. The summed E-state index contributed by atoms with van der Waals surface area (Å²) in [6.45, 7) is 1.66. The van der Waals surface area contributed by atoms with Gasteiger partial charge in [-0.1, -0.05) is 41.6 Å². The van der Waals surface area contributed by atoms with Gasteiger partial charge >= 0.3 is 0 Å². The lowest BCUT2D eigenvalue weighted by Crippen LogP contribution is -2.13. The van der Waals surface area contributed by atoms with Crippen LogP contribution in [0.5, 0.6) is 0 Å². The van der Waals surface area contributed by atoms with Gasteiger partial charge in [0.15, 0.2) is 5.76 Å². The number of aryl methyl sites for hydroxylation is 1. The Labute approximate surface area is 137 Å². The summed E-state index contributed by atoms with van der Waals surface area (Å²) < 4.78 is 5.28. The lowest BCUT2D eigenvalue weighted by Gasteiger charge is -2.05. The molecule has 24 heavy (non-hydrogen) atoms. The van der Waals surface area contributed by atoms with Gasteiger partial charge in [-0.05, 0) is 13.0 Å². The monoisotopic (exact) mass is 323 g/mol. The number of nitro benzene ring substituents is 1. The molecule has 7 nitrogen and oxygen atoms in total. The third-order valence-electron chi connectivity index (χ3n) is 3.44.